The molecule has 0 atom stereocenters. The first-order valence-electron chi connectivity index (χ1n) is 2.71. The fourth-order valence-electron chi connectivity index (χ4n) is 0.601. The Morgan fingerprint density at radius 3 is 2.11 bits per heavy atom. The van der Waals surface area contributed by atoms with E-state index in [4.69, 9.17) is 10.1 Å². The molecule has 1 aromatic carbocycles. The van der Waals surface area contributed by atoms with Crippen molar-refractivity contribution in [2.24, 2.45) is 0 Å². The largest absolute Gasteiger partial charge is 0.508 e. The summed E-state index contributed by atoms with van der Waals surface area (Å²) in [5, 5.41) is 17.3. The van der Waals surface area contributed by atoms with Crippen LogP contribution in [-0.2, 0) is 0 Å². The van der Waals surface area contributed by atoms with Crippen molar-refractivity contribution in [2.45, 2.75) is 0 Å². The summed E-state index contributed by atoms with van der Waals surface area (Å²) in [6.07, 6.45) is 0. The molecule has 0 bridgehead atoms. The molecule has 0 aliphatic carbocycles. The van der Waals surface area contributed by atoms with E-state index in [1.807, 2.05) is 0 Å². The van der Waals surface area contributed by atoms with Crippen LogP contribution in [0.2, 0.25) is 0 Å². The smallest absolute Gasteiger partial charge is 0.304 e. The Morgan fingerprint density at radius 2 is 1.67 bits per heavy atom. The molecule has 46 valence electrons. The molecule has 0 aromatic heterocycles. The van der Waals surface area contributed by atoms with E-state index in [2.05, 4.69) is 0 Å². The van der Waals surface area contributed by atoms with E-state index in [-0.39, 0.29) is 13.2 Å². The molecule has 1 rings (SSSR count). The number of hydrogen-bond acceptors (Lipinski definition) is 2. The van der Waals surface area contributed by atoms with Crippen LogP contribution in [0.5, 0.6) is 5.75 Å². The van der Waals surface area contributed by atoms with Crippen LogP contribution < -0.4 is 5.46 Å². The summed E-state index contributed by atoms with van der Waals surface area (Å²) in [4.78, 5) is 0. The fourth-order valence-corrected chi connectivity index (χ4v) is 0.601. The molecule has 0 fully saturated rings. The normalized spacial score (nSPS) is 9.00. The predicted octanol–water partition coefficient (Wildman–Crippen LogP) is -0.639. The second kappa shape index (κ2) is 2.55. The predicted molar refractivity (Wildman–Crippen MR) is 37.1 cm³/mol. The lowest BCUT2D eigenvalue weighted by Gasteiger charge is -1.91. The zero-order chi connectivity index (χ0) is 6.69. The Bertz CT molecular complexity index is 183. The van der Waals surface area contributed by atoms with Crippen LogP contribution >= 0.6 is 0 Å². The van der Waals surface area contributed by atoms with E-state index in [1.54, 1.807) is 24.3 Å². The van der Waals surface area contributed by atoms with Crippen LogP contribution in [0.1, 0.15) is 0 Å². The molecule has 0 amide bonds. The van der Waals surface area contributed by atoms with Crippen molar-refractivity contribution in [3.05, 3.63) is 24.3 Å². The second-order valence-electron chi connectivity index (χ2n) is 1.82. The van der Waals surface area contributed by atoms with E-state index in [0.29, 0.717) is 0 Å². The van der Waals surface area contributed by atoms with Gasteiger partial charge in [0, 0.05) is 0 Å². The Labute approximate surface area is 54.0 Å². The van der Waals surface area contributed by atoms with Gasteiger partial charge in [0.25, 0.3) is 0 Å². The van der Waals surface area contributed by atoms with Gasteiger partial charge in [-0.15, -0.1) is 0 Å². The summed E-state index contributed by atoms with van der Waals surface area (Å²) < 4.78 is 0. The third kappa shape index (κ3) is 1.47. The minimum absolute atomic E-state index is 0.0281. The van der Waals surface area contributed by atoms with Gasteiger partial charge in [-0.05, 0) is 12.1 Å². The number of phenolic OH excluding ortho intramolecular Hbond substituents is 1. The molecular formula is C6H7BO2. The Morgan fingerprint density at radius 1 is 1.11 bits per heavy atom. The van der Waals surface area contributed by atoms with Crippen molar-refractivity contribution in [3.8, 4) is 5.75 Å². The van der Waals surface area contributed by atoms with Crippen molar-refractivity contribution in [1.82, 2.24) is 0 Å². The second-order valence-corrected chi connectivity index (χ2v) is 1.82. The van der Waals surface area contributed by atoms with E-state index in [9.17, 15) is 0 Å². The van der Waals surface area contributed by atoms with Crippen LogP contribution in [0.15, 0.2) is 24.3 Å². The topological polar surface area (TPSA) is 40.5 Å². The number of phenols is 1. The van der Waals surface area contributed by atoms with Crippen molar-refractivity contribution in [2.75, 3.05) is 0 Å². The van der Waals surface area contributed by atoms with E-state index in [1.165, 1.54) is 0 Å². The quantitative estimate of drug-likeness (QED) is 0.486. The molecule has 2 N–H and O–H groups in total. The Hall–Kier alpha value is -0.955. The minimum Gasteiger partial charge on any atom is -0.508 e. The van der Waals surface area contributed by atoms with Crippen LogP contribution in [0.4, 0.5) is 0 Å². The lowest BCUT2D eigenvalue weighted by molar-refractivity contribution is 0.475. The molecule has 0 radical (unpaired) electrons. The van der Waals surface area contributed by atoms with E-state index < -0.39 is 0 Å². The maximum atomic E-state index is 8.77. The molecule has 1 aromatic rings. The molecule has 0 spiro atoms. The highest BCUT2D eigenvalue weighted by Gasteiger charge is 1.90. The van der Waals surface area contributed by atoms with Crippen molar-refractivity contribution < 1.29 is 10.1 Å². The number of aromatic hydroxyl groups is 1. The molecule has 0 heterocycles. The monoisotopic (exact) mass is 122 g/mol. The summed E-state index contributed by atoms with van der Waals surface area (Å²) in [6.45, 7) is 0. The zero-order valence-corrected chi connectivity index (χ0v) is 4.91. The SMILES string of the molecule is OBc1ccc(O)cc1. The van der Waals surface area contributed by atoms with Gasteiger partial charge < -0.3 is 10.1 Å². The third-order valence-electron chi connectivity index (χ3n) is 1.12. The zero-order valence-electron chi connectivity index (χ0n) is 4.91. The maximum absolute atomic E-state index is 8.77. The van der Waals surface area contributed by atoms with Gasteiger partial charge in [-0.25, -0.2) is 0 Å². The summed E-state index contributed by atoms with van der Waals surface area (Å²) in [5.74, 6) is 0.229. The Balaban J connectivity index is 2.88. The number of rotatable bonds is 1. The molecule has 0 unspecified atom stereocenters. The molecule has 2 nitrogen and oxygen atoms in total. The first kappa shape index (κ1) is 6.17. The van der Waals surface area contributed by atoms with Crippen molar-refractivity contribution in [3.63, 3.8) is 0 Å². The average Bonchev–Trinajstić information content (AvgIpc) is 1.90. The fraction of sp³-hybridized carbons (Fsp3) is 0. The molecule has 0 aliphatic heterocycles. The molecule has 9 heavy (non-hydrogen) atoms. The highest BCUT2D eigenvalue weighted by molar-refractivity contribution is 6.45. The van der Waals surface area contributed by atoms with Gasteiger partial charge in [-0.1, -0.05) is 17.6 Å². The highest BCUT2D eigenvalue weighted by atomic mass is 16.3. The molecular weight excluding hydrogens is 115 g/mol. The summed E-state index contributed by atoms with van der Waals surface area (Å²) in [5.41, 5.74) is 0.813. The lowest BCUT2D eigenvalue weighted by Crippen LogP contribution is -2.11. The van der Waals surface area contributed by atoms with Gasteiger partial charge in [0.05, 0.1) is 0 Å². The summed E-state index contributed by atoms with van der Waals surface area (Å²) in [7, 11) is 0.0281. The van der Waals surface area contributed by atoms with Gasteiger partial charge >= 0.3 is 7.48 Å². The Kier molecular flexibility index (Phi) is 1.75. The van der Waals surface area contributed by atoms with E-state index in [0.717, 1.165) is 5.46 Å². The maximum Gasteiger partial charge on any atom is 0.304 e. The van der Waals surface area contributed by atoms with Crippen molar-refractivity contribution in [1.29, 1.82) is 0 Å². The van der Waals surface area contributed by atoms with Crippen LogP contribution in [0, 0.1) is 0 Å². The van der Waals surface area contributed by atoms with Crippen LogP contribution in [0.25, 0.3) is 0 Å². The van der Waals surface area contributed by atoms with Gasteiger partial charge in [0.1, 0.15) is 5.75 Å². The van der Waals surface area contributed by atoms with Gasteiger partial charge in [0.15, 0.2) is 0 Å². The first-order valence-corrected chi connectivity index (χ1v) is 2.71. The number of hydrogen-bond donors (Lipinski definition) is 2. The third-order valence-corrected chi connectivity index (χ3v) is 1.12. The molecule has 3 heteroatoms. The minimum atomic E-state index is 0.0281. The van der Waals surface area contributed by atoms with E-state index >= 15 is 0 Å². The standard InChI is InChI=1S/C6H7BO2/c8-6-3-1-5(7-9)2-4-6/h1-4,7-9H. The molecule has 0 aliphatic rings. The van der Waals surface area contributed by atoms with Gasteiger partial charge in [-0.3, -0.25) is 0 Å². The van der Waals surface area contributed by atoms with Gasteiger partial charge in [0.2, 0.25) is 0 Å². The molecule has 0 saturated heterocycles. The molecule has 0 saturated carbocycles. The summed E-state index contributed by atoms with van der Waals surface area (Å²) >= 11 is 0. The van der Waals surface area contributed by atoms with Crippen LogP contribution in [-0.4, -0.2) is 17.6 Å². The first-order chi connectivity index (χ1) is 4.33. The summed E-state index contributed by atoms with van der Waals surface area (Å²) in [6, 6.07) is 6.45. The lowest BCUT2D eigenvalue weighted by atomic mass is 9.89. The van der Waals surface area contributed by atoms with Gasteiger partial charge in [-0.2, -0.15) is 0 Å². The highest BCUT2D eigenvalue weighted by Crippen LogP contribution is 2.01. The number of benzene rings is 1. The van der Waals surface area contributed by atoms with Crippen LogP contribution in [0.3, 0.4) is 0 Å². The van der Waals surface area contributed by atoms with Crippen molar-refractivity contribution >= 4 is 12.9 Å². The average molecular weight is 122 g/mol.